The Hall–Kier alpha value is -1.16. The largest absolute Gasteiger partial charge is 0.508 e. The predicted octanol–water partition coefficient (Wildman–Crippen LogP) is 3.18. The molecule has 2 rings (SSSR count). The van der Waals surface area contributed by atoms with Crippen molar-refractivity contribution in [2.45, 2.75) is 44.4 Å². The number of amides is 1. The van der Waals surface area contributed by atoms with Crippen LogP contribution in [0.25, 0.3) is 0 Å². The quantitative estimate of drug-likeness (QED) is 0.203. The molecule has 0 aromatic heterocycles. The minimum absolute atomic E-state index is 0. The molecule has 1 aromatic rings. The van der Waals surface area contributed by atoms with E-state index in [-0.39, 0.29) is 42.2 Å². The number of nitrogens with zero attached hydrogens (tertiary/aromatic N) is 1. The van der Waals surface area contributed by atoms with E-state index in [4.69, 9.17) is 0 Å². The first kappa shape index (κ1) is 22.9. The molecular weight excluding hydrogens is 463 g/mol. The maximum atomic E-state index is 12.0. The zero-order valence-electron chi connectivity index (χ0n) is 15.3. The van der Waals surface area contributed by atoms with Gasteiger partial charge in [0.1, 0.15) is 12.3 Å². The number of carbonyl (C=O) groups is 1. The number of hydrogen-bond donors (Lipinski definition) is 4. The second-order valence-corrected chi connectivity index (χ2v) is 7.60. The lowest BCUT2D eigenvalue weighted by Crippen LogP contribution is -2.43. The second kappa shape index (κ2) is 12.3. The Morgan fingerprint density at radius 3 is 2.65 bits per heavy atom. The molecule has 6 nitrogen and oxygen atoms in total. The number of rotatable bonds is 7. The molecule has 0 saturated heterocycles. The van der Waals surface area contributed by atoms with Crippen LogP contribution in [0.1, 0.15) is 33.1 Å². The number of aromatic hydroxyl groups is 1. The highest BCUT2D eigenvalue weighted by Crippen LogP contribution is 2.29. The molecule has 146 valence electrons. The highest BCUT2D eigenvalue weighted by molar-refractivity contribution is 14.0. The summed E-state index contributed by atoms with van der Waals surface area (Å²) in [5.74, 6) is 1.83. The first-order valence-corrected chi connectivity index (χ1v) is 9.91. The van der Waals surface area contributed by atoms with Crippen molar-refractivity contribution < 1.29 is 9.90 Å². The van der Waals surface area contributed by atoms with Gasteiger partial charge in [0, 0.05) is 23.5 Å². The molecule has 1 saturated carbocycles. The average molecular weight is 492 g/mol. The SMILES string of the molecule is CCNC(=NCC(=O)Nc1ccc(O)cc1)NC1CCC(SCC)C1.I. The lowest BCUT2D eigenvalue weighted by atomic mass is 10.2. The summed E-state index contributed by atoms with van der Waals surface area (Å²) in [6, 6.07) is 6.81. The summed E-state index contributed by atoms with van der Waals surface area (Å²) in [5.41, 5.74) is 0.645. The van der Waals surface area contributed by atoms with E-state index in [1.54, 1.807) is 12.1 Å². The van der Waals surface area contributed by atoms with Crippen LogP contribution in [0.4, 0.5) is 5.69 Å². The minimum Gasteiger partial charge on any atom is -0.508 e. The van der Waals surface area contributed by atoms with Crippen molar-refractivity contribution in [3.05, 3.63) is 24.3 Å². The Kier molecular flexibility index (Phi) is 10.8. The second-order valence-electron chi connectivity index (χ2n) is 6.02. The number of nitrogens with one attached hydrogen (secondary N) is 3. The van der Waals surface area contributed by atoms with Crippen molar-refractivity contribution in [3.8, 4) is 5.75 Å². The van der Waals surface area contributed by atoms with Crippen LogP contribution in [0.5, 0.6) is 5.75 Å². The van der Waals surface area contributed by atoms with Crippen LogP contribution < -0.4 is 16.0 Å². The Bertz CT molecular complexity index is 583. The van der Waals surface area contributed by atoms with Gasteiger partial charge in [0.2, 0.25) is 5.91 Å². The minimum atomic E-state index is -0.186. The summed E-state index contributed by atoms with van der Waals surface area (Å²) < 4.78 is 0. The van der Waals surface area contributed by atoms with Gasteiger partial charge < -0.3 is 21.1 Å². The van der Waals surface area contributed by atoms with Crippen molar-refractivity contribution >= 4 is 53.3 Å². The number of carbonyl (C=O) groups excluding carboxylic acids is 1. The normalized spacial score (nSPS) is 19.5. The van der Waals surface area contributed by atoms with E-state index in [0.717, 1.165) is 30.4 Å². The van der Waals surface area contributed by atoms with Crippen LogP contribution in [0, 0.1) is 0 Å². The smallest absolute Gasteiger partial charge is 0.246 e. The number of thioether (sulfide) groups is 1. The van der Waals surface area contributed by atoms with Crippen LogP contribution in [-0.2, 0) is 4.79 Å². The number of phenolic OH excluding ortho intramolecular Hbond substituents is 1. The number of guanidine groups is 1. The Balaban J connectivity index is 0.00000338. The first-order valence-electron chi connectivity index (χ1n) is 8.86. The summed E-state index contributed by atoms with van der Waals surface area (Å²) in [6.07, 6.45) is 3.52. The maximum absolute atomic E-state index is 12.0. The topological polar surface area (TPSA) is 85.8 Å². The van der Waals surface area contributed by atoms with Crippen LogP contribution in [0.3, 0.4) is 0 Å². The monoisotopic (exact) mass is 492 g/mol. The van der Waals surface area contributed by atoms with Crippen LogP contribution in [0.2, 0.25) is 0 Å². The molecule has 1 aliphatic rings. The third-order valence-electron chi connectivity index (χ3n) is 4.00. The Morgan fingerprint density at radius 1 is 1.27 bits per heavy atom. The van der Waals surface area contributed by atoms with Crippen LogP contribution in [-0.4, -0.2) is 47.1 Å². The third kappa shape index (κ3) is 8.03. The van der Waals surface area contributed by atoms with E-state index < -0.39 is 0 Å². The van der Waals surface area contributed by atoms with Gasteiger partial charge in [0.15, 0.2) is 5.96 Å². The average Bonchev–Trinajstić information content (AvgIpc) is 3.02. The molecule has 0 radical (unpaired) electrons. The molecule has 0 spiro atoms. The predicted molar refractivity (Wildman–Crippen MR) is 121 cm³/mol. The molecule has 0 aliphatic heterocycles. The molecule has 1 aliphatic carbocycles. The zero-order valence-corrected chi connectivity index (χ0v) is 18.5. The van der Waals surface area contributed by atoms with E-state index >= 15 is 0 Å². The Morgan fingerprint density at radius 2 is 2.00 bits per heavy atom. The standard InChI is InChI=1S/C18H28N4O2S.HI/c1-3-19-18(22-14-7-10-16(11-14)25-4-2)20-12-17(24)21-13-5-8-15(23)9-6-13;/h5-6,8-9,14,16,23H,3-4,7,10-12H2,1-2H3,(H,21,24)(H2,19,20,22);1H. The maximum Gasteiger partial charge on any atom is 0.246 e. The Labute approximate surface area is 177 Å². The zero-order chi connectivity index (χ0) is 18.1. The van der Waals surface area contributed by atoms with E-state index in [0.29, 0.717) is 17.7 Å². The van der Waals surface area contributed by atoms with Crippen LogP contribution in [0.15, 0.2) is 29.3 Å². The highest BCUT2D eigenvalue weighted by atomic mass is 127. The molecule has 2 unspecified atom stereocenters. The van der Waals surface area contributed by atoms with E-state index in [9.17, 15) is 9.90 Å². The number of anilines is 1. The van der Waals surface area contributed by atoms with Crippen molar-refractivity contribution in [3.63, 3.8) is 0 Å². The number of aliphatic imine (C=N–C) groups is 1. The molecule has 26 heavy (non-hydrogen) atoms. The first-order chi connectivity index (χ1) is 12.1. The van der Waals surface area contributed by atoms with Crippen LogP contribution >= 0.6 is 35.7 Å². The van der Waals surface area contributed by atoms with E-state index in [1.807, 2.05) is 18.7 Å². The number of hydrogen-bond acceptors (Lipinski definition) is 4. The summed E-state index contributed by atoms with van der Waals surface area (Å²) in [7, 11) is 0. The molecule has 0 bridgehead atoms. The van der Waals surface area contributed by atoms with Gasteiger partial charge in [-0.05, 0) is 56.2 Å². The molecule has 8 heteroatoms. The summed E-state index contributed by atoms with van der Waals surface area (Å²) >= 11 is 2.02. The molecule has 1 fully saturated rings. The van der Waals surface area contributed by atoms with Crippen molar-refractivity contribution in [1.29, 1.82) is 0 Å². The van der Waals surface area contributed by atoms with E-state index in [1.165, 1.54) is 18.6 Å². The molecule has 1 amide bonds. The fourth-order valence-electron chi connectivity index (χ4n) is 2.87. The van der Waals surface area contributed by atoms with E-state index in [2.05, 4.69) is 27.9 Å². The van der Waals surface area contributed by atoms with Gasteiger partial charge >= 0.3 is 0 Å². The third-order valence-corrected chi connectivity index (χ3v) is 5.24. The molecule has 0 heterocycles. The molecular formula is C18H29IN4O2S. The molecule has 1 aromatic carbocycles. The lowest BCUT2D eigenvalue weighted by Gasteiger charge is -2.17. The molecule has 4 N–H and O–H groups in total. The van der Waals surface area contributed by atoms with Crippen molar-refractivity contribution in [1.82, 2.24) is 10.6 Å². The summed E-state index contributed by atoms with van der Waals surface area (Å²) in [5, 5.41) is 19.4. The lowest BCUT2D eigenvalue weighted by molar-refractivity contribution is -0.114. The fraction of sp³-hybridized carbons (Fsp3) is 0.556. The van der Waals surface area contributed by atoms with Gasteiger partial charge in [-0.25, -0.2) is 4.99 Å². The number of phenols is 1. The summed E-state index contributed by atoms with van der Waals surface area (Å²) in [4.78, 5) is 16.4. The number of halogens is 1. The number of benzene rings is 1. The summed E-state index contributed by atoms with van der Waals surface area (Å²) in [6.45, 7) is 5.02. The highest BCUT2D eigenvalue weighted by Gasteiger charge is 2.25. The van der Waals surface area contributed by atoms with Gasteiger partial charge in [0.25, 0.3) is 0 Å². The van der Waals surface area contributed by atoms with Gasteiger partial charge in [-0.2, -0.15) is 11.8 Å². The molecule has 2 atom stereocenters. The van der Waals surface area contributed by atoms with Gasteiger partial charge in [-0.3, -0.25) is 4.79 Å². The van der Waals surface area contributed by atoms with Gasteiger partial charge in [-0.15, -0.1) is 24.0 Å². The fourth-order valence-corrected chi connectivity index (χ4v) is 4.01. The van der Waals surface area contributed by atoms with Crippen molar-refractivity contribution in [2.24, 2.45) is 4.99 Å². The van der Waals surface area contributed by atoms with Gasteiger partial charge in [-0.1, -0.05) is 6.92 Å². The van der Waals surface area contributed by atoms with Gasteiger partial charge in [0.05, 0.1) is 0 Å². The van der Waals surface area contributed by atoms with Crippen molar-refractivity contribution in [2.75, 3.05) is 24.2 Å².